The van der Waals surface area contributed by atoms with E-state index < -0.39 is 0 Å². The Morgan fingerprint density at radius 2 is 2.06 bits per heavy atom. The van der Waals surface area contributed by atoms with Gasteiger partial charge < -0.3 is 16.0 Å². The minimum Gasteiger partial charge on any atom is -0.331 e. The van der Waals surface area contributed by atoms with Crippen LogP contribution in [0, 0.1) is 5.92 Å². The third-order valence-corrected chi connectivity index (χ3v) is 4.52. The van der Waals surface area contributed by atoms with Crippen molar-refractivity contribution in [3.8, 4) is 0 Å². The normalized spacial score (nSPS) is 27.9. The Kier molecular flexibility index (Phi) is 4.49. The number of nitrogens with two attached hydrogens (primary N) is 1. The van der Waals surface area contributed by atoms with Crippen molar-refractivity contribution in [2.45, 2.75) is 57.4 Å². The number of likely N-dealkylation sites (tertiary alicyclic amines) is 1. The molecule has 2 aliphatic rings. The van der Waals surface area contributed by atoms with Gasteiger partial charge in [0.15, 0.2) is 0 Å². The molecule has 2 fully saturated rings. The summed E-state index contributed by atoms with van der Waals surface area (Å²) in [6.07, 6.45) is 8.10. The van der Waals surface area contributed by atoms with Crippen LogP contribution < -0.4 is 11.1 Å². The predicted octanol–water partition coefficient (Wildman–Crippen LogP) is 2.09. The molecule has 0 spiro atoms. The largest absolute Gasteiger partial charge is 0.331 e. The van der Waals surface area contributed by atoms with Crippen molar-refractivity contribution in [1.29, 1.82) is 0 Å². The number of amides is 2. The fraction of sp³-hybridized carbons (Fsp3) is 0.929. The molecule has 1 aliphatic carbocycles. The van der Waals surface area contributed by atoms with E-state index in [0.29, 0.717) is 12.5 Å². The van der Waals surface area contributed by atoms with Gasteiger partial charge in [-0.3, -0.25) is 0 Å². The Morgan fingerprint density at radius 3 is 2.67 bits per heavy atom. The highest BCUT2D eigenvalue weighted by Crippen LogP contribution is 2.27. The fourth-order valence-electron chi connectivity index (χ4n) is 3.29. The predicted molar refractivity (Wildman–Crippen MR) is 73.4 cm³/mol. The summed E-state index contributed by atoms with van der Waals surface area (Å²) in [5, 5.41) is 3.23. The van der Waals surface area contributed by atoms with Gasteiger partial charge in [0.2, 0.25) is 0 Å². The van der Waals surface area contributed by atoms with E-state index in [1.807, 2.05) is 4.90 Å². The smallest absolute Gasteiger partial charge is 0.317 e. The number of carbonyl (C=O) groups excluding carboxylic acids is 1. The van der Waals surface area contributed by atoms with Crippen LogP contribution in [-0.2, 0) is 0 Å². The van der Waals surface area contributed by atoms with E-state index in [1.54, 1.807) is 0 Å². The standard InChI is InChI=1S/C14H27N3O/c1-12-6-5-9-17(10-12)13(18)16-14(11-15)7-3-2-4-8-14/h12H,2-11,15H2,1H3,(H,16,18). The molecule has 1 aliphatic heterocycles. The molecule has 0 aromatic heterocycles. The summed E-state index contributed by atoms with van der Waals surface area (Å²) >= 11 is 0. The number of hydrogen-bond donors (Lipinski definition) is 2. The van der Waals surface area contributed by atoms with Crippen LogP contribution in [0.1, 0.15) is 51.9 Å². The molecule has 1 unspecified atom stereocenters. The van der Waals surface area contributed by atoms with Gasteiger partial charge in [0.1, 0.15) is 0 Å². The Morgan fingerprint density at radius 1 is 1.33 bits per heavy atom. The third kappa shape index (κ3) is 3.16. The highest BCUT2D eigenvalue weighted by Gasteiger charge is 2.34. The molecule has 1 saturated carbocycles. The van der Waals surface area contributed by atoms with Gasteiger partial charge in [-0.15, -0.1) is 0 Å². The average molecular weight is 253 g/mol. The van der Waals surface area contributed by atoms with Gasteiger partial charge in [0.05, 0.1) is 5.54 Å². The van der Waals surface area contributed by atoms with Crippen LogP contribution in [0.15, 0.2) is 0 Å². The zero-order valence-electron chi connectivity index (χ0n) is 11.6. The van der Waals surface area contributed by atoms with Gasteiger partial charge in [-0.25, -0.2) is 4.79 Å². The lowest BCUT2D eigenvalue weighted by Gasteiger charge is -2.40. The molecule has 4 nitrogen and oxygen atoms in total. The van der Waals surface area contributed by atoms with E-state index >= 15 is 0 Å². The van der Waals surface area contributed by atoms with E-state index in [0.717, 1.165) is 32.4 Å². The van der Waals surface area contributed by atoms with E-state index in [2.05, 4.69) is 12.2 Å². The van der Waals surface area contributed by atoms with Crippen LogP contribution in [0.5, 0.6) is 0 Å². The second-order valence-corrected chi connectivity index (χ2v) is 6.17. The zero-order valence-corrected chi connectivity index (χ0v) is 11.6. The molecular weight excluding hydrogens is 226 g/mol. The maximum Gasteiger partial charge on any atom is 0.317 e. The van der Waals surface area contributed by atoms with Gasteiger partial charge >= 0.3 is 6.03 Å². The third-order valence-electron chi connectivity index (χ3n) is 4.52. The van der Waals surface area contributed by atoms with Crippen molar-refractivity contribution in [3.63, 3.8) is 0 Å². The first-order chi connectivity index (χ1) is 8.65. The molecule has 18 heavy (non-hydrogen) atoms. The second-order valence-electron chi connectivity index (χ2n) is 6.17. The molecular formula is C14H27N3O. The Labute approximate surface area is 110 Å². The number of urea groups is 1. The first-order valence-corrected chi connectivity index (χ1v) is 7.42. The Balaban J connectivity index is 1.92. The lowest BCUT2D eigenvalue weighted by Crippen LogP contribution is -2.59. The second kappa shape index (κ2) is 5.91. The minimum absolute atomic E-state index is 0.105. The van der Waals surface area contributed by atoms with Crippen LogP contribution in [-0.4, -0.2) is 36.1 Å². The molecule has 0 aromatic rings. The average Bonchev–Trinajstić information content (AvgIpc) is 2.40. The molecule has 1 saturated heterocycles. The highest BCUT2D eigenvalue weighted by molar-refractivity contribution is 5.75. The molecule has 0 radical (unpaired) electrons. The van der Waals surface area contributed by atoms with E-state index in [1.165, 1.54) is 25.7 Å². The summed E-state index contributed by atoms with van der Waals surface area (Å²) in [6, 6.07) is 0.105. The van der Waals surface area contributed by atoms with Gasteiger partial charge in [0.25, 0.3) is 0 Å². The van der Waals surface area contributed by atoms with Crippen molar-refractivity contribution >= 4 is 6.03 Å². The summed E-state index contributed by atoms with van der Waals surface area (Å²) in [6.45, 7) is 4.59. The molecule has 3 N–H and O–H groups in total. The molecule has 2 rings (SSSR count). The van der Waals surface area contributed by atoms with E-state index in [-0.39, 0.29) is 11.6 Å². The number of nitrogens with one attached hydrogen (secondary N) is 1. The van der Waals surface area contributed by atoms with Crippen molar-refractivity contribution < 1.29 is 4.79 Å². The van der Waals surface area contributed by atoms with Gasteiger partial charge in [0, 0.05) is 19.6 Å². The SMILES string of the molecule is CC1CCCN(C(=O)NC2(CN)CCCCC2)C1. The molecule has 0 bridgehead atoms. The Hall–Kier alpha value is -0.770. The van der Waals surface area contributed by atoms with Crippen molar-refractivity contribution in [2.24, 2.45) is 11.7 Å². The van der Waals surface area contributed by atoms with Gasteiger partial charge in [-0.05, 0) is 31.6 Å². The Bertz CT molecular complexity index is 287. The topological polar surface area (TPSA) is 58.4 Å². The number of rotatable bonds is 2. The molecule has 104 valence electrons. The van der Waals surface area contributed by atoms with E-state index in [9.17, 15) is 4.79 Å². The van der Waals surface area contributed by atoms with Crippen molar-refractivity contribution in [2.75, 3.05) is 19.6 Å². The first kappa shape index (κ1) is 13.7. The molecule has 0 aromatic carbocycles. The van der Waals surface area contributed by atoms with Crippen LogP contribution in [0.25, 0.3) is 0 Å². The molecule has 4 heteroatoms. The number of piperidine rings is 1. The van der Waals surface area contributed by atoms with Crippen LogP contribution in [0.2, 0.25) is 0 Å². The quantitative estimate of drug-likeness (QED) is 0.791. The summed E-state index contributed by atoms with van der Waals surface area (Å²) in [7, 11) is 0. The van der Waals surface area contributed by atoms with Gasteiger partial charge in [-0.1, -0.05) is 26.2 Å². The van der Waals surface area contributed by atoms with Crippen LogP contribution in [0.3, 0.4) is 0 Å². The molecule has 1 atom stereocenters. The number of carbonyl (C=O) groups is 1. The summed E-state index contributed by atoms with van der Waals surface area (Å²) < 4.78 is 0. The number of nitrogens with zero attached hydrogens (tertiary/aromatic N) is 1. The summed E-state index contributed by atoms with van der Waals surface area (Å²) in [5.74, 6) is 0.629. The van der Waals surface area contributed by atoms with Crippen LogP contribution in [0.4, 0.5) is 4.79 Å². The monoisotopic (exact) mass is 253 g/mol. The zero-order chi connectivity index (χ0) is 13.0. The lowest BCUT2D eigenvalue weighted by molar-refractivity contribution is 0.148. The van der Waals surface area contributed by atoms with Crippen molar-refractivity contribution in [3.05, 3.63) is 0 Å². The van der Waals surface area contributed by atoms with E-state index in [4.69, 9.17) is 5.73 Å². The van der Waals surface area contributed by atoms with Crippen LogP contribution >= 0.6 is 0 Å². The first-order valence-electron chi connectivity index (χ1n) is 7.42. The summed E-state index contributed by atoms with van der Waals surface area (Å²) in [4.78, 5) is 14.3. The van der Waals surface area contributed by atoms with Crippen molar-refractivity contribution in [1.82, 2.24) is 10.2 Å². The maximum absolute atomic E-state index is 12.3. The minimum atomic E-state index is -0.129. The highest BCUT2D eigenvalue weighted by atomic mass is 16.2. The van der Waals surface area contributed by atoms with Gasteiger partial charge in [-0.2, -0.15) is 0 Å². The molecule has 1 heterocycles. The fourth-order valence-corrected chi connectivity index (χ4v) is 3.29. The molecule has 2 amide bonds. The summed E-state index contributed by atoms with van der Waals surface area (Å²) in [5.41, 5.74) is 5.78. The maximum atomic E-state index is 12.3. The lowest BCUT2D eigenvalue weighted by atomic mass is 9.82. The number of hydrogen-bond acceptors (Lipinski definition) is 2.